The predicted octanol–water partition coefficient (Wildman–Crippen LogP) is 1.01. The molecule has 1 saturated carbocycles. The molecular formula is C9H18N2. The van der Waals surface area contributed by atoms with Gasteiger partial charge in [0, 0.05) is 11.6 Å². The highest BCUT2D eigenvalue weighted by Gasteiger charge is 2.40. The Morgan fingerprint density at radius 2 is 2.00 bits per heavy atom. The lowest BCUT2D eigenvalue weighted by Crippen LogP contribution is -2.56. The highest BCUT2D eigenvalue weighted by molar-refractivity contribution is 5.02. The van der Waals surface area contributed by atoms with E-state index in [4.69, 9.17) is 5.73 Å². The van der Waals surface area contributed by atoms with Gasteiger partial charge in [0.05, 0.1) is 0 Å². The van der Waals surface area contributed by atoms with Crippen LogP contribution in [0.1, 0.15) is 38.5 Å². The summed E-state index contributed by atoms with van der Waals surface area (Å²) >= 11 is 0. The van der Waals surface area contributed by atoms with Gasteiger partial charge in [-0.3, -0.25) is 0 Å². The summed E-state index contributed by atoms with van der Waals surface area (Å²) in [7, 11) is 0. The fraction of sp³-hybridized carbons (Fsp3) is 1.00. The van der Waals surface area contributed by atoms with Crippen molar-refractivity contribution in [2.24, 2.45) is 5.73 Å². The van der Waals surface area contributed by atoms with Gasteiger partial charge < -0.3 is 11.1 Å². The van der Waals surface area contributed by atoms with E-state index in [9.17, 15) is 0 Å². The summed E-state index contributed by atoms with van der Waals surface area (Å²) in [5.74, 6) is 0. The fourth-order valence-electron chi connectivity index (χ4n) is 2.63. The molecule has 2 nitrogen and oxygen atoms in total. The van der Waals surface area contributed by atoms with Gasteiger partial charge in [-0.25, -0.2) is 0 Å². The maximum atomic E-state index is 6.11. The van der Waals surface area contributed by atoms with Gasteiger partial charge in [-0.2, -0.15) is 0 Å². The van der Waals surface area contributed by atoms with Crippen molar-refractivity contribution < 1.29 is 0 Å². The topological polar surface area (TPSA) is 38.0 Å². The second-order valence-electron chi connectivity index (χ2n) is 4.04. The molecule has 3 N–H and O–H groups in total. The van der Waals surface area contributed by atoms with Crippen molar-refractivity contribution in [3.8, 4) is 0 Å². The molecule has 1 aliphatic carbocycles. The molecule has 0 aromatic carbocycles. The molecule has 0 aromatic rings. The second kappa shape index (κ2) is 2.76. The highest BCUT2D eigenvalue weighted by atomic mass is 15.0. The van der Waals surface area contributed by atoms with Crippen molar-refractivity contribution in [3.63, 3.8) is 0 Å². The first kappa shape index (κ1) is 7.56. The van der Waals surface area contributed by atoms with Gasteiger partial charge in [-0.1, -0.05) is 12.8 Å². The molecule has 0 amide bonds. The summed E-state index contributed by atoms with van der Waals surface area (Å²) in [6, 6.07) is 0.429. The van der Waals surface area contributed by atoms with Crippen LogP contribution in [0.3, 0.4) is 0 Å². The molecule has 2 rings (SSSR count). The minimum absolute atomic E-state index is 0.359. The smallest absolute Gasteiger partial charge is 0.0333 e. The maximum absolute atomic E-state index is 6.11. The normalized spacial score (nSPS) is 45.0. The molecule has 1 aliphatic heterocycles. The van der Waals surface area contributed by atoms with Gasteiger partial charge in [0.25, 0.3) is 0 Å². The van der Waals surface area contributed by atoms with Crippen LogP contribution in [0, 0.1) is 0 Å². The van der Waals surface area contributed by atoms with Crippen molar-refractivity contribution in [1.82, 2.24) is 5.32 Å². The lowest BCUT2D eigenvalue weighted by Gasteiger charge is -2.39. The number of hydrogen-bond acceptors (Lipinski definition) is 2. The summed E-state index contributed by atoms with van der Waals surface area (Å²) in [4.78, 5) is 0. The van der Waals surface area contributed by atoms with E-state index in [0.29, 0.717) is 11.6 Å². The standard InChI is InChI=1S/C9H18N2/c10-8-4-1-2-5-9(8)6-3-7-11-9/h8,11H,1-7,10H2. The monoisotopic (exact) mass is 154 g/mol. The van der Waals surface area contributed by atoms with Gasteiger partial charge in [0.15, 0.2) is 0 Å². The van der Waals surface area contributed by atoms with Crippen LogP contribution in [-0.4, -0.2) is 18.1 Å². The molecule has 2 atom stereocenters. The molecule has 2 unspecified atom stereocenters. The lowest BCUT2D eigenvalue weighted by atomic mass is 9.77. The summed E-state index contributed by atoms with van der Waals surface area (Å²) in [6.45, 7) is 1.19. The van der Waals surface area contributed by atoms with Gasteiger partial charge in [0.1, 0.15) is 0 Å². The van der Waals surface area contributed by atoms with Crippen LogP contribution in [0.15, 0.2) is 0 Å². The van der Waals surface area contributed by atoms with E-state index in [2.05, 4.69) is 5.32 Å². The Kier molecular flexibility index (Phi) is 1.90. The summed E-state index contributed by atoms with van der Waals surface area (Å²) in [5, 5.41) is 3.60. The minimum atomic E-state index is 0.359. The Balaban J connectivity index is 2.07. The number of rotatable bonds is 0. The van der Waals surface area contributed by atoms with Gasteiger partial charge in [-0.15, -0.1) is 0 Å². The Labute approximate surface area is 68.5 Å². The Morgan fingerprint density at radius 3 is 2.64 bits per heavy atom. The first-order chi connectivity index (χ1) is 5.33. The van der Waals surface area contributed by atoms with Crippen molar-refractivity contribution >= 4 is 0 Å². The summed E-state index contributed by atoms with van der Waals surface area (Å²) in [5.41, 5.74) is 6.47. The number of hydrogen-bond donors (Lipinski definition) is 2. The third-order valence-electron chi connectivity index (χ3n) is 3.37. The zero-order chi connectivity index (χ0) is 7.73. The molecule has 0 radical (unpaired) electrons. The molecule has 2 aliphatic rings. The van der Waals surface area contributed by atoms with Crippen LogP contribution in [0.2, 0.25) is 0 Å². The zero-order valence-corrected chi connectivity index (χ0v) is 7.10. The average Bonchev–Trinajstić information content (AvgIpc) is 2.46. The molecular weight excluding hydrogens is 136 g/mol. The molecule has 2 fully saturated rings. The largest absolute Gasteiger partial charge is 0.326 e. The van der Waals surface area contributed by atoms with Gasteiger partial charge >= 0.3 is 0 Å². The average molecular weight is 154 g/mol. The molecule has 1 heterocycles. The Morgan fingerprint density at radius 1 is 1.18 bits per heavy atom. The van der Waals surface area contributed by atoms with Gasteiger partial charge in [0.2, 0.25) is 0 Å². The number of nitrogens with one attached hydrogen (secondary N) is 1. The highest BCUT2D eigenvalue weighted by Crippen LogP contribution is 2.33. The predicted molar refractivity (Wildman–Crippen MR) is 46.4 cm³/mol. The fourth-order valence-corrected chi connectivity index (χ4v) is 2.63. The first-order valence-electron chi connectivity index (χ1n) is 4.84. The third-order valence-corrected chi connectivity index (χ3v) is 3.37. The summed E-state index contributed by atoms with van der Waals surface area (Å²) < 4.78 is 0. The van der Waals surface area contributed by atoms with E-state index < -0.39 is 0 Å². The van der Waals surface area contributed by atoms with Crippen molar-refractivity contribution in [2.45, 2.75) is 50.1 Å². The molecule has 2 heteroatoms. The minimum Gasteiger partial charge on any atom is -0.326 e. The van der Waals surface area contributed by atoms with E-state index >= 15 is 0 Å². The quantitative estimate of drug-likeness (QED) is 0.546. The second-order valence-corrected chi connectivity index (χ2v) is 4.04. The number of nitrogens with two attached hydrogens (primary N) is 1. The van der Waals surface area contributed by atoms with Crippen LogP contribution in [0.5, 0.6) is 0 Å². The molecule has 0 aromatic heterocycles. The van der Waals surface area contributed by atoms with Crippen LogP contribution < -0.4 is 11.1 Å². The molecule has 11 heavy (non-hydrogen) atoms. The van der Waals surface area contributed by atoms with E-state index in [0.717, 1.165) is 0 Å². The maximum Gasteiger partial charge on any atom is 0.0333 e. The first-order valence-corrected chi connectivity index (χ1v) is 4.84. The van der Waals surface area contributed by atoms with Crippen LogP contribution >= 0.6 is 0 Å². The SMILES string of the molecule is NC1CCCCC12CCCN2. The van der Waals surface area contributed by atoms with Crippen LogP contribution in [0.25, 0.3) is 0 Å². The van der Waals surface area contributed by atoms with E-state index in [-0.39, 0.29) is 0 Å². The van der Waals surface area contributed by atoms with E-state index in [1.165, 1.54) is 45.1 Å². The zero-order valence-electron chi connectivity index (χ0n) is 7.10. The molecule has 64 valence electrons. The Bertz CT molecular complexity index is 138. The molecule has 1 spiro atoms. The van der Waals surface area contributed by atoms with E-state index in [1.807, 2.05) is 0 Å². The third kappa shape index (κ3) is 1.18. The van der Waals surface area contributed by atoms with Crippen molar-refractivity contribution in [2.75, 3.05) is 6.54 Å². The van der Waals surface area contributed by atoms with Crippen LogP contribution in [-0.2, 0) is 0 Å². The van der Waals surface area contributed by atoms with Gasteiger partial charge in [-0.05, 0) is 32.2 Å². The van der Waals surface area contributed by atoms with Crippen molar-refractivity contribution in [3.05, 3.63) is 0 Å². The lowest BCUT2D eigenvalue weighted by molar-refractivity contribution is 0.224. The molecule has 0 bridgehead atoms. The van der Waals surface area contributed by atoms with E-state index in [1.54, 1.807) is 0 Å². The molecule has 1 saturated heterocycles. The summed E-state index contributed by atoms with van der Waals surface area (Å²) in [6.07, 6.45) is 7.90. The van der Waals surface area contributed by atoms with Crippen LogP contribution in [0.4, 0.5) is 0 Å². The van der Waals surface area contributed by atoms with Crippen molar-refractivity contribution in [1.29, 1.82) is 0 Å². The Hall–Kier alpha value is -0.0800.